The van der Waals surface area contributed by atoms with Gasteiger partial charge in [-0.15, -0.1) is 0 Å². The van der Waals surface area contributed by atoms with Crippen LogP contribution in [0.25, 0.3) is 10.2 Å². The number of nitrogens with zero attached hydrogens (tertiary/aromatic N) is 1. The normalized spacial score (nSPS) is 19.8. The second-order valence-corrected chi connectivity index (χ2v) is 8.46. The van der Waals surface area contributed by atoms with Crippen LogP contribution in [0, 0.1) is 5.92 Å². The highest BCUT2D eigenvalue weighted by atomic mass is 35.5. The summed E-state index contributed by atoms with van der Waals surface area (Å²) in [5.74, 6) is 0.302. The van der Waals surface area contributed by atoms with E-state index in [2.05, 4.69) is 15.0 Å². The number of anilines is 1. The van der Waals surface area contributed by atoms with Crippen molar-refractivity contribution in [2.75, 3.05) is 23.6 Å². The van der Waals surface area contributed by atoms with Crippen molar-refractivity contribution < 1.29 is 8.42 Å². The first-order chi connectivity index (χ1) is 10.0. The van der Waals surface area contributed by atoms with E-state index in [9.17, 15) is 8.42 Å². The number of thiazole rings is 1. The molecular formula is C13H16ClN3O2S2. The third-order valence-corrected chi connectivity index (χ3v) is 6.16. The van der Waals surface area contributed by atoms with Crippen molar-refractivity contribution >= 4 is 48.3 Å². The zero-order chi connectivity index (χ0) is 14.9. The molecule has 1 unspecified atom stereocenters. The number of aromatic nitrogens is 1. The van der Waals surface area contributed by atoms with Crippen LogP contribution >= 0.6 is 22.9 Å². The lowest BCUT2D eigenvalue weighted by Gasteiger charge is -2.22. The second-order valence-electron chi connectivity index (χ2n) is 5.23. The van der Waals surface area contributed by atoms with Crippen LogP contribution in [-0.2, 0) is 10.0 Å². The number of halogens is 1. The molecular weight excluding hydrogens is 330 g/mol. The summed E-state index contributed by atoms with van der Waals surface area (Å²) in [7, 11) is -3.37. The Balaban J connectivity index is 1.73. The smallest absolute Gasteiger partial charge is 0.234 e. The monoisotopic (exact) mass is 345 g/mol. The molecule has 2 aromatic rings. The first-order valence-electron chi connectivity index (χ1n) is 6.79. The molecule has 8 heteroatoms. The number of benzene rings is 1. The predicted molar refractivity (Wildman–Crippen MR) is 87.6 cm³/mol. The summed E-state index contributed by atoms with van der Waals surface area (Å²) >= 11 is 7.22. The summed E-state index contributed by atoms with van der Waals surface area (Å²) in [6.07, 6.45) is 1.98. The van der Waals surface area contributed by atoms with E-state index < -0.39 is 10.0 Å². The minimum atomic E-state index is -3.37. The largest absolute Gasteiger partial charge is 0.316 e. The fraction of sp³-hybridized carbons (Fsp3) is 0.462. The highest BCUT2D eigenvalue weighted by Crippen LogP contribution is 2.29. The molecule has 0 spiro atoms. The Morgan fingerprint density at radius 3 is 3.10 bits per heavy atom. The summed E-state index contributed by atoms with van der Waals surface area (Å²) in [6.45, 7) is 1.74. The van der Waals surface area contributed by atoms with Crippen LogP contribution in [0.2, 0.25) is 5.02 Å². The first kappa shape index (κ1) is 15.0. The number of nitrogens with one attached hydrogen (secondary N) is 2. The van der Waals surface area contributed by atoms with Crippen molar-refractivity contribution in [3.63, 3.8) is 0 Å². The van der Waals surface area contributed by atoms with Crippen LogP contribution in [-0.4, -0.2) is 32.2 Å². The van der Waals surface area contributed by atoms with E-state index in [0.29, 0.717) is 10.2 Å². The molecule has 0 amide bonds. The maximum atomic E-state index is 12.2. The summed E-state index contributed by atoms with van der Waals surface area (Å²) in [5, 5.41) is 4.25. The molecule has 1 saturated heterocycles. The van der Waals surface area contributed by atoms with E-state index in [1.54, 1.807) is 18.2 Å². The maximum Gasteiger partial charge on any atom is 0.234 e. The van der Waals surface area contributed by atoms with Crippen LogP contribution in [0.5, 0.6) is 0 Å². The topological polar surface area (TPSA) is 71.1 Å². The van der Waals surface area contributed by atoms with Gasteiger partial charge >= 0.3 is 0 Å². The molecule has 1 aliphatic rings. The van der Waals surface area contributed by atoms with Gasteiger partial charge in [0.15, 0.2) is 5.13 Å². The predicted octanol–water partition coefficient (Wildman–Crippen LogP) is 2.69. The third kappa shape index (κ3) is 3.85. The highest BCUT2D eigenvalue weighted by Gasteiger charge is 2.22. The van der Waals surface area contributed by atoms with Crippen LogP contribution in [0.1, 0.15) is 12.8 Å². The van der Waals surface area contributed by atoms with Gasteiger partial charge in [-0.05, 0) is 50.0 Å². The zero-order valence-electron chi connectivity index (χ0n) is 11.3. The van der Waals surface area contributed by atoms with Crippen molar-refractivity contribution in [1.82, 2.24) is 10.3 Å². The minimum absolute atomic E-state index is 0.136. The molecule has 0 bridgehead atoms. The molecule has 0 radical (unpaired) electrons. The lowest BCUT2D eigenvalue weighted by molar-refractivity contribution is 0.404. The Labute approximate surface area is 132 Å². The molecule has 1 atom stereocenters. The molecule has 21 heavy (non-hydrogen) atoms. The lowest BCUT2D eigenvalue weighted by atomic mass is 10.0. The quantitative estimate of drug-likeness (QED) is 0.893. The Kier molecular flexibility index (Phi) is 4.35. The molecule has 1 aromatic heterocycles. The maximum absolute atomic E-state index is 12.2. The van der Waals surface area contributed by atoms with Gasteiger partial charge in [-0.25, -0.2) is 13.4 Å². The van der Waals surface area contributed by atoms with E-state index in [0.717, 1.165) is 36.1 Å². The van der Waals surface area contributed by atoms with Crippen LogP contribution in [0.3, 0.4) is 0 Å². The second kappa shape index (κ2) is 6.08. The van der Waals surface area contributed by atoms with Gasteiger partial charge in [0.1, 0.15) is 0 Å². The van der Waals surface area contributed by atoms with E-state index in [1.165, 1.54) is 11.3 Å². The summed E-state index contributed by atoms with van der Waals surface area (Å²) < 4.78 is 27.9. The number of fused-ring (bicyclic) bond motifs is 1. The molecule has 3 rings (SSSR count). The van der Waals surface area contributed by atoms with Gasteiger partial charge in [0.25, 0.3) is 0 Å². The number of hydrogen-bond acceptors (Lipinski definition) is 5. The van der Waals surface area contributed by atoms with E-state index in [4.69, 9.17) is 11.6 Å². The highest BCUT2D eigenvalue weighted by molar-refractivity contribution is 7.92. The standard InChI is InChI=1S/C13H16ClN3O2S2/c14-10-3-4-11-12(6-10)20-13(16-11)17-21(18,19)8-9-2-1-5-15-7-9/h3-4,6,9,15H,1-2,5,7-8H2,(H,16,17). The number of rotatable bonds is 4. The van der Waals surface area contributed by atoms with Gasteiger partial charge in [0.2, 0.25) is 10.0 Å². The van der Waals surface area contributed by atoms with Gasteiger partial charge < -0.3 is 5.32 Å². The number of hydrogen-bond donors (Lipinski definition) is 2. The van der Waals surface area contributed by atoms with Gasteiger partial charge in [-0.3, -0.25) is 4.72 Å². The average Bonchev–Trinajstić information content (AvgIpc) is 2.79. The molecule has 5 nitrogen and oxygen atoms in total. The Morgan fingerprint density at radius 1 is 1.48 bits per heavy atom. The lowest BCUT2D eigenvalue weighted by Crippen LogP contribution is -2.35. The van der Waals surface area contributed by atoms with E-state index in [1.807, 2.05) is 0 Å². The van der Waals surface area contributed by atoms with Crippen LogP contribution in [0.4, 0.5) is 5.13 Å². The number of piperidine rings is 1. The van der Waals surface area contributed by atoms with Crippen LogP contribution in [0.15, 0.2) is 18.2 Å². The summed E-state index contributed by atoms with van der Waals surface area (Å²) in [6, 6.07) is 5.32. The Bertz CT molecular complexity index is 739. The third-order valence-electron chi connectivity index (χ3n) is 3.45. The van der Waals surface area contributed by atoms with Crippen LogP contribution < -0.4 is 10.0 Å². The number of sulfonamides is 1. The van der Waals surface area contributed by atoms with Gasteiger partial charge in [0.05, 0.1) is 16.0 Å². The van der Waals surface area contributed by atoms with Gasteiger partial charge in [-0.2, -0.15) is 0 Å². The zero-order valence-corrected chi connectivity index (χ0v) is 13.7. The van der Waals surface area contributed by atoms with Gasteiger partial charge in [0, 0.05) is 5.02 Å². The Morgan fingerprint density at radius 2 is 2.33 bits per heavy atom. The average molecular weight is 346 g/mol. The van der Waals surface area contributed by atoms with E-state index in [-0.39, 0.29) is 11.7 Å². The van der Waals surface area contributed by atoms with E-state index >= 15 is 0 Å². The van der Waals surface area contributed by atoms with Crippen molar-refractivity contribution in [3.8, 4) is 0 Å². The SMILES string of the molecule is O=S(=O)(CC1CCCNC1)Nc1nc2ccc(Cl)cc2s1. The van der Waals surface area contributed by atoms with Crippen molar-refractivity contribution in [1.29, 1.82) is 0 Å². The molecule has 2 heterocycles. The first-order valence-corrected chi connectivity index (χ1v) is 9.64. The minimum Gasteiger partial charge on any atom is -0.316 e. The molecule has 0 saturated carbocycles. The molecule has 114 valence electrons. The summed E-state index contributed by atoms with van der Waals surface area (Å²) in [5.41, 5.74) is 0.751. The molecule has 1 aliphatic heterocycles. The fourth-order valence-corrected chi connectivity index (χ4v) is 5.33. The molecule has 0 aliphatic carbocycles. The van der Waals surface area contributed by atoms with Crippen molar-refractivity contribution in [3.05, 3.63) is 23.2 Å². The fourth-order valence-electron chi connectivity index (χ4n) is 2.49. The van der Waals surface area contributed by atoms with Crippen molar-refractivity contribution in [2.45, 2.75) is 12.8 Å². The molecule has 1 fully saturated rings. The Hall–Kier alpha value is -0.890. The summed E-state index contributed by atoms with van der Waals surface area (Å²) in [4.78, 5) is 4.29. The molecule has 2 N–H and O–H groups in total. The molecule has 1 aromatic carbocycles. The van der Waals surface area contributed by atoms with Gasteiger partial charge in [-0.1, -0.05) is 22.9 Å². The van der Waals surface area contributed by atoms with Crippen molar-refractivity contribution in [2.24, 2.45) is 5.92 Å².